The lowest BCUT2D eigenvalue weighted by molar-refractivity contribution is 0.101. The number of amides is 1. The molecule has 1 aliphatic rings. The average molecular weight is 297 g/mol. The zero-order valence-electron chi connectivity index (χ0n) is 9.81. The molecule has 3 rings (SSSR count). The van der Waals surface area contributed by atoms with Crippen molar-refractivity contribution in [3.8, 4) is 0 Å². The zero-order valence-corrected chi connectivity index (χ0v) is 11.3. The highest BCUT2D eigenvalue weighted by Crippen LogP contribution is 2.37. The van der Waals surface area contributed by atoms with Crippen LogP contribution in [0.4, 0.5) is 5.82 Å². The van der Waals surface area contributed by atoms with E-state index in [0.29, 0.717) is 22.6 Å². The summed E-state index contributed by atoms with van der Waals surface area (Å²) in [4.78, 5) is 20.0. The number of aromatic nitrogens is 3. The maximum atomic E-state index is 12.2. The Labute approximate surface area is 119 Å². The lowest BCUT2D eigenvalue weighted by atomic mass is 10.4. The van der Waals surface area contributed by atoms with Gasteiger partial charge in [-0.1, -0.05) is 23.2 Å². The first-order valence-corrected chi connectivity index (χ1v) is 6.55. The van der Waals surface area contributed by atoms with E-state index in [2.05, 4.69) is 15.3 Å². The summed E-state index contributed by atoms with van der Waals surface area (Å²) in [5.74, 6) is 0.101. The average Bonchev–Trinajstić information content (AvgIpc) is 3.15. The molecular formula is C12H10Cl2N4O. The minimum Gasteiger partial charge on any atom is -0.339 e. The molecule has 0 unspecified atom stereocenters. The van der Waals surface area contributed by atoms with Gasteiger partial charge in [0.25, 0.3) is 5.91 Å². The second kappa shape index (κ2) is 4.83. The van der Waals surface area contributed by atoms with Crippen LogP contribution < -0.4 is 5.32 Å². The Balaban J connectivity index is 1.82. The molecule has 2 heterocycles. The smallest absolute Gasteiger partial charge is 0.273 e. The predicted molar refractivity (Wildman–Crippen MR) is 72.7 cm³/mol. The zero-order chi connectivity index (χ0) is 13.4. The van der Waals surface area contributed by atoms with Gasteiger partial charge < -0.3 is 9.88 Å². The number of hydrogen-bond donors (Lipinski definition) is 1. The van der Waals surface area contributed by atoms with Crippen LogP contribution in [-0.4, -0.2) is 20.4 Å². The summed E-state index contributed by atoms with van der Waals surface area (Å²) in [6.45, 7) is 0. The largest absolute Gasteiger partial charge is 0.339 e. The van der Waals surface area contributed by atoms with Crippen LogP contribution in [0.25, 0.3) is 0 Å². The van der Waals surface area contributed by atoms with E-state index in [1.807, 2.05) is 4.57 Å². The van der Waals surface area contributed by atoms with Crippen LogP contribution in [0, 0.1) is 0 Å². The van der Waals surface area contributed by atoms with Crippen LogP contribution in [0.15, 0.2) is 24.7 Å². The van der Waals surface area contributed by atoms with Crippen LogP contribution in [0.1, 0.15) is 29.4 Å². The molecule has 1 N–H and O–H groups in total. The van der Waals surface area contributed by atoms with Gasteiger partial charge in [0.15, 0.2) is 5.82 Å². The second-order valence-corrected chi connectivity index (χ2v) is 5.18. The molecule has 1 amide bonds. The van der Waals surface area contributed by atoms with Gasteiger partial charge in [-0.15, -0.1) is 0 Å². The number of carbonyl (C=O) groups is 1. The SMILES string of the molecule is O=C(Nc1cnc(Cl)cn1)c1cc(Cl)cn1C1CC1. The molecule has 0 atom stereocenters. The molecule has 0 aromatic carbocycles. The Bertz CT molecular complexity index is 619. The van der Waals surface area contributed by atoms with Crippen molar-refractivity contribution in [2.24, 2.45) is 0 Å². The van der Waals surface area contributed by atoms with E-state index in [1.54, 1.807) is 12.3 Å². The van der Waals surface area contributed by atoms with Crippen LogP contribution in [-0.2, 0) is 0 Å². The topological polar surface area (TPSA) is 59.8 Å². The minimum atomic E-state index is -0.254. The molecule has 0 aliphatic heterocycles. The number of rotatable bonds is 3. The van der Waals surface area contributed by atoms with Crippen molar-refractivity contribution >= 4 is 34.9 Å². The van der Waals surface area contributed by atoms with Gasteiger partial charge in [-0.05, 0) is 18.9 Å². The van der Waals surface area contributed by atoms with E-state index in [-0.39, 0.29) is 11.1 Å². The van der Waals surface area contributed by atoms with E-state index in [1.165, 1.54) is 12.4 Å². The Morgan fingerprint density at radius 3 is 2.74 bits per heavy atom. The maximum Gasteiger partial charge on any atom is 0.273 e. The van der Waals surface area contributed by atoms with Gasteiger partial charge in [-0.2, -0.15) is 0 Å². The molecule has 0 bridgehead atoms. The normalized spacial score (nSPS) is 14.4. The molecule has 2 aromatic heterocycles. The highest BCUT2D eigenvalue weighted by atomic mass is 35.5. The van der Waals surface area contributed by atoms with Gasteiger partial charge in [-0.25, -0.2) is 9.97 Å². The molecule has 0 saturated heterocycles. The van der Waals surface area contributed by atoms with Crippen molar-refractivity contribution in [3.63, 3.8) is 0 Å². The van der Waals surface area contributed by atoms with Crippen LogP contribution >= 0.6 is 23.2 Å². The van der Waals surface area contributed by atoms with Gasteiger partial charge in [-0.3, -0.25) is 4.79 Å². The molecule has 0 radical (unpaired) electrons. The molecule has 0 spiro atoms. The summed E-state index contributed by atoms with van der Waals surface area (Å²) in [6, 6.07) is 2.03. The van der Waals surface area contributed by atoms with Crippen molar-refractivity contribution in [2.45, 2.75) is 18.9 Å². The fraction of sp³-hybridized carbons (Fsp3) is 0.250. The number of carbonyl (C=O) groups excluding carboxylic acids is 1. The first kappa shape index (κ1) is 12.4. The molecule has 1 fully saturated rings. The summed E-state index contributed by atoms with van der Waals surface area (Å²) in [7, 11) is 0. The first-order chi connectivity index (χ1) is 9.13. The quantitative estimate of drug-likeness (QED) is 0.946. The fourth-order valence-electron chi connectivity index (χ4n) is 1.84. The summed E-state index contributed by atoms with van der Waals surface area (Å²) < 4.78 is 1.90. The van der Waals surface area contributed by atoms with Gasteiger partial charge >= 0.3 is 0 Å². The Kier molecular flexibility index (Phi) is 3.16. The third-order valence-corrected chi connectivity index (χ3v) is 3.25. The highest BCUT2D eigenvalue weighted by molar-refractivity contribution is 6.31. The number of nitrogens with one attached hydrogen (secondary N) is 1. The summed E-state index contributed by atoms with van der Waals surface area (Å²) in [5.41, 5.74) is 0.532. The summed E-state index contributed by atoms with van der Waals surface area (Å²) in [6.07, 6.45) is 6.72. The number of nitrogens with zero attached hydrogens (tertiary/aromatic N) is 3. The Morgan fingerprint density at radius 2 is 2.11 bits per heavy atom. The number of halogens is 2. The van der Waals surface area contributed by atoms with Crippen molar-refractivity contribution < 1.29 is 4.79 Å². The lowest BCUT2D eigenvalue weighted by Crippen LogP contribution is -2.17. The Morgan fingerprint density at radius 1 is 1.32 bits per heavy atom. The predicted octanol–water partition coefficient (Wildman–Crippen LogP) is 3.17. The molecule has 1 saturated carbocycles. The number of anilines is 1. The highest BCUT2D eigenvalue weighted by Gasteiger charge is 2.27. The molecule has 2 aromatic rings. The van der Waals surface area contributed by atoms with E-state index in [9.17, 15) is 4.79 Å². The lowest BCUT2D eigenvalue weighted by Gasteiger charge is -2.07. The maximum absolute atomic E-state index is 12.2. The fourth-order valence-corrected chi connectivity index (χ4v) is 2.15. The van der Waals surface area contributed by atoms with Gasteiger partial charge in [0.05, 0.1) is 17.4 Å². The summed E-state index contributed by atoms with van der Waals surface area (Å²) >= 11 is 11.6. The van der Waals surface area contributed by atoms with Gasteiger partial charge in [0.1, 0.15) is 10.8 Å². The van der Waals surface area contributed by atoms with Crippen LogP contribution in [0.3, 0.4) is 0 Å². The minimum absolute atomic E-state index is 0.254. The molecule has 7 heteroatoms. The van der Waals surface area contributed by atoms with Crippen molar-refractivity contribution in [2.75, 3.05) is 5.32 Å². The molecule has 1 aliphatic carbocycles. The Hall–Kier alpha value is -1.59. The summed E-state index contributed by atoms with van der Waals surface area (Å²) in [5, 5.41) is 3.51. The van der Waals surface area contributed by atoms with Crippen molar-refractivity contribution in [1.29, 1.82) is 0 Å². The van der Waals surface area contributed by atoms with E-state index in [4.69, 9.17) is 23.2 Å². The third kappa shape index (κ3) is 2.72. The van der Waals surface area contributed by atoms with Gasteiger partial charge in [0.2, 0.25) is 0 Å². The van der Waals surface area contributed by atoms with Crippen LogP contribution in [0.5, 0.6) is 0 Å². The monoisotopic (exact) mass is 296 g/mol. The third-order valence-electron chi connectivity index (χ3n) is 2.85. The standard InChI is InChI=1S/C12H10Cl2N4O/c13-7-3-9(18(6-7)8-1-2-8)12(19)17-11-5-15-10(14)4-16-11/h3-6,8H,1-2H2,(H,16,17,19). The molecule has 19 heavy (non-hydrogen) atoms. The van der Waals surface area contributed by atoms with E-state index < -0.39 is 0 Å². The van der Waals surface area contributed by atoms with E-state index in [0.717, 1.165) is 12.8 Å². The van der Waals surface area contributed by atoms with Crippen molar-refractivity contribution in [3.05, 3.63) is 40.5 Å². The van der Waals surface area contributed by atoms with Crippen molar-refractivity contribution in [1.82, 2.24) is 14.5 Å². The number of hydrogen-bond acceptors (Lipinski definition) is 3. The molecule has 98 valence electrons. The molecular weight excluding hydrogens is 287 g/mol. The van der Waals surface area contributed by atoms with Gasteiger partial charge in [0, 0.05) is 12.2 Å². The van der Waals surface area contributed by atoms with E-state index >= 15 is 0 Å². The van der Waals surface area contributed by atoms with Crippen LogP contribution in [0.2, 0.25) is 10.2 Å². The second-order valence-electron chi connectivity index (χ2n) is 4.36. The first-order valence-electron chi connectivity index (χ1n) is 5.80. The molecule has 5 nitrogen and oxygen atoms in total.